The molecule has 0 radical (unpaired) electrons. The molecule has 14 heavy (non-hydrogen) atoms. The van der Waals surface area contributed by atoms with Gasteiger partial charge in [0.15, 0.2) is 0 Å². The Bertz CT molecular complexity index is 303. The average molecular weight is 207 g/mol. The van der Waals surface area contributed by atoms with Crippen LogP contribution in [0.25, 0.3) is 0 Å². The van der Waals surface area contributed by atoms with Crippen LogP contribution < -0.4 is 5.32 Å². The number of aromatic amines is 1. The van der Waals surface area contributed by atoms with Gasteiger partial charge >= 0.3 is 0 Å². The fraction of sp³-hybridized carbons (Fsp3) is 0.300. The second-order valence-corrected chi connectivity index (χ2v) is 4.12. The quantitative estimate of drug-likeness (QED) is 0.734. The van der Waals surface area contributed by atoms with Crippen LogP contribution in [0.3, 0.4) is 0 Å². The molecule has 2 aromatic rings. The van der Waals surface area contributed by atoms with Crippen molar-refractivity contribution < 1.29 is 0 Å². The average Bonchev–Trinajstić information content (AvgIpc) is 2.86. The van der Waals surface area contributed by atoms with E-state index in [1.54, 1.807) is 6.20 Å². The maximum absolute atomic E-state index is 3.89. The molecule has 0 aromatic carbocycles. The molecule has 2 aromatic heterocycles. The molecule has 3 nitrogen and oxygen atoms in total. The Kier molecular flexibility index (Phi) is 3.32. The van der Waals surface area contributed by atoms with E-state index in [9.17, 15) is 0 Å². The summed E-state index contributed by atoms with van der Waals surface area (Å²) in [7, 11) is 0. The van der Waals surface area contributed by atoms with Gasteiger partial charge in [-0.25, -0.2) is 0 Å². The predicted molar refractivity (Wildman–Crippen MR) is 58.3 cm³/mol. The Hall–Kier alpha value is -1.13. The maximum atomic E-state index is 3.89. The molecule has 0 unspecified atom stereocenters. The monoisotopic (exact) mass is 207 g/mol. The van der Waals surface area contributed by atoms with Crippen molar-refractivity contribution in [2.24, 2.45) is 0 Å². The van der Waals surface area contributed by atoms with Gasteiger partial charge in [-0.2, -0.15) is 5.10 Å². The summed E-state index contributed by atoms with van der Waals surface area (Å²) in [5.41, 5.74) is 1.14. The SMILES string of the molecule is c1csc(CCNCc2ccn[nH]2)c1. The Morgan fingerprint density at radius 2 is 2.43 bits per heavy atom. The van der Waals surface area contributed by atoms with Gasteiger partial charge in [0.1, 0.15) is 0 Å². The number of thiophene rings is 1. The summed E-state index contributed by atoms with van der Waals surface area (Å²) in [5.74, 6) is 0. The molecular formula is C10H13N3S. The zero-order valence-electron chi connectivity index (χ0n) is 7.86. The minimum Gasteiger partial charge on any atom is -0.311 e. The molecule has 2 N–H and O–H groups in total. The number of hydrogen-bond donors (Lipinski definition) is 2. The standard InChI is InChI=1S/C10H13N3S/c1-2-10(14-7-1)4-5-11-8-9-3-6-12-13-9/h1-3,6-7,11H,4-5,8H2,(H,12,13). The van der Waals surface area contributed by atoms with Gasteiger partial charge in [0.05, 0.1) is 0 Å². The van der Waals surface area contributed by atoms with Crippen LogP contribution in [0.5, 0.6) is 0 Å². The van der Waals surface area contributed by atoms with Crippen LogP contribution in [0, 0.1) is 0 Å². The molecule has 74 valence electrons. The van der Waals surface area contributed by atoms with Crippen molar-refractivity contribution in [3.8, 4) is 0 Å². The second-order valence-electron chi connectivity index (χ2n) is 3.09. The number of nitrogens with one attached hydrogen (secondary N) is 2. The van der Waals surface area contributed by atoms with E-state index < -0.39 is 0 Å². The van der Waals surface area contributed by atoms with Crippen LogP contribution in [0.2, 0.25) is 0 Å². The fourth-order valence-electron chi connectivity index (χ4n) is 1.27. The molecule has 2 heterocycles. The predicted octanol–water partition coefficient (Wildman–Crippen LogP) is 1.80. The van der Waals surface area contributed by atoms with Crippen molar-refractivity contribution in [1.82, 2.24) is 15.5 Å². The molecule has 0 saturated heterocycles. The van der Waals surface area contributed by atoms with Crippen LogP contribution >= 0.6 is 11.3 Å². The Morgan fingerprint density at radius 3 is 3.14 bits per heavy atom. The van der Waals surface area contributed by atoms with Crippen LogP contribution in [0.1, 0.15) is 10.6 Å². The summed E-state index contributed by atoms with van der Waals surface area (Å²) in [4.78, 5) is 1.43. The van der Waals surface area contributed by atoms with Crippen LogP contribution in [-0.4, -0.2) is 16.7 Å². The van der Waals surface area contributed by atoms with E-state index in [1.807, 2.05) is 17.4 Å². The third-order valence-electron chi connectivity index (χ3n) is 2.00. The summed E-state index contributed by atoms with van der Waals surface area (Å²) in [6.07, 6.45) is 2.88. The van der Waals surface area contributed by atoms with E-state index >= 15 is 0 Å². The summed E-state index contributed by atoms with van der Waals surface area (Å²) < 4.78 is 0. The zero-order valence-corrected chi connectivity index (χ0v) is 8.68. The van der Waals surface area contributed by atoms with Crippen LogP contribution in [-0.2, 0) is 13.0 Å². The van der Waals surface area contributed by atoms with Gasteiger partial charge in [-0.15, -0.1) is 11.3 Å². The molecule has 0 aliphatic rings. The van der Waals surface area contributed by atoms with Gasteiger partial charge in [-0.3, -0.25) is 5.10 Å². The largest absolute Gasteiger partial charge is 0.311 e. The van der Waals surface area contributed by atoms with Gasteiger partial charge in [-0.05, 0) is 23.9 Å². The number of hydrogen-bond acceptors (Lipinski definition) is 3. The maximum Gasteiger partial charge on any atom is 0.0490 e. The highest BCUT2D eigenvalue weighted by molar-refractivity contribution is 7.09. The number of aromatic nitrogens is 2. The number of nitrogens with zero attached hydrogens (tertiary/aromatic N) is 1. The summed E-state index contributed by atoms with van der Waals surface area (Å²) in [5, 5.41) is 12.3. The van der Waals surface area contributed by atoms with Crippen LogP contribution in [0.15, 0.2) is 29.8 Å². The lowest BCUT2D eigenvalue weighted by atomic mass is 10.3. The first-order chi connectivity index (χ1) is 6.95. The highest BCUT2D eigenvalue weighted by Crippen LogP contribution is 2.08. The minimum absolute atomic E-state index is 0.866. The molecule has 0 atom stereocenters. The van der Waals surface area contributed by atoms with Crippen molar-refractivity contribution >= 4 is 11.3 Å². The third-order valence-corrected chi connectivity index (χ3v) is 2.94. The summed E-state index contributed by atoms with van der Waals surface area (Å²) in [6.45, 7) is 1.88. The first-order valence-corrected chi connectivity index (χ1v) is 5.54. The van der Waals surface area contributed by atoms with E-state index in [4.69, 9.17) is 0 Å². The highest BCUT2D eigenvalue weighted by atomic mass is 32.1. The topological polar surface area (TPSA) is 40.7 Å². The van der Waals surface area contributed by atoms with Gasteiger partial charge in [0.2, 0.25) is 0 Å². The molecule has 0 aliphatic carbocycles. The smallest absolute Gasteiger partial charge is 0.0490 e. The van der Waals surface area contributed by atoms with E-state index in [2.05, 4.69) is 33.0 Å². The molecule has 0 amide bonds. The van der Waals surface area contributed by atoms with E-state index in [1.165, 1.54) is 4.88 Å². The van der Waals surface area contributed by atoms with E-state index in [0.717, 1.165) is 25.2 Å². The van der Waals surface area contributed by atoms with Crippen molar-refractivity contribution in [2.45, 2.75) is 13.0 Å². The Labute approximate surface area is 87.2 Å². The fourth-order valence-corrected chi connectivity index (χ4v) is 1.98. The molecule has 0 aliphatic heterocycles. The molecule has 2 rings (SSSR count). The number of H-pyrrole nitrogens is 1. The Balaban J connectivity index is 1.65. The lowest BCUT2D eigenvalue weighted by Crippen LogP contribution is -2.16. The molecular weight excluding hydrogens is 194 g/mol. The molecule has 4 heteroatoms. The van der Waals surface area contributed by atoms with Gasteiger partial charge < -0.3 is 5.32 Å². The molecule has 0 spiro atoms. The molecule has 0 saturated carbocycles. The molecule has 0 bridgehead atoms. The first-order valence-electron chi connectivity index (χ1n) is 4.66. The molecule has 0 fully saturated rings. The van der Waals surface area contributed by atoms with Gasteiger partial charge in [0, 0.05) is 29.9 Å². The van der Waals surface area contributed by atoms with Crippen molar-refractivity contribution in [3.63, 3.8) is 0 Å². The van der Waals surface area contributed by atoms with Gasteiger partial charge in [0.25, 0.3) is 0 Å². The van der Waals surface area contributed by atoms with Gasteiger partial charge in [-0.1, -0.05) is 6.07 Å². The van der Waals surface area contributed by atoms with Crippen molar-refractivity contribution in [1.29, 1.82) is 0 Å². The summed E-state index contributed by atoms with van der Waals surface area (Å²) >= 11 is 1.81. The Morgan fingerprint density at radius 1 is 1.43 bits per heavy atom. The minimum atomic E-state index is 0.866. The lowest BCUT2D eigenvalue weighted by molar-refractivity contribution is 0.676. The first kappa shape index (κ1) is 9.43. The van der Waals surface area contributed by atoms with Crippen molar-refractivity contribution in [3.05, 3.63) is 40.3 Å². The van der Waals surface area contributed by atoms with Crippen LogP contribution in [0.4, 0.5) is 0 Å². The summed E-state index contributed by atoms with van der Waals surface area (Å²) in [6, 6.07) is 6.25. The number of rotatable bonds is 5. The van der Waals surface area contributed by atoms with E-state index in [-0.39, 0.29) is 0 Å². The highest BCUT2D eigenvalue weighted by Gasteiger charge is 1.94. The lowest BCUT2D eigenvalue weighted by Gasteiger charge is -2.00. The van der Waals surface area contributed by atoms with E-state index in [0.29, 0.717) is 0 Å². The van der Waals surface area contributed by atoms with Crippen molar-refractivity contribution in [2.75, 3.05) is 6.54 Å². The second kappa shape index (κ2) is 4.93. The third kappa shape index (κ3) is 2.68. The normalized spacial score (nSPS) is 10.6. The zero-order chi connectivity index (χ0) is 9.64.